The Bertz CT molecular complexity index is 688. The van der Waals surface area contributed by atoms with Crippen molar-refractivity contribution in [2.24, 2.45) is 10.9 Å². The van der Waals surface area contributed by atoms with Gasteiger partial charge in [-0.05, 0) is 58.4 Å². The van der Waals surface area contributed by atoms with Gasteiger partial charge in [0.2, 0.25) is 0 Å². The molecule has 1 aliphatic heterocycles. The molecule has 0 aliphatic carbocycles. The number of nitrogens with zero attached hydrogens (tertiary/aromatic N) is 2. The van der Waals surface area contributed by atoms with E-state index in [1.165, 1.54) is 0 Å². The zero-order valence-corrected chi connectivity index (χ0v) is 19.6. The van der Waals surface area contributed by atoms with Gasteiger partial charge in [0, 0.05) is 32.1 Å². The minimum atomic E-state index is -0.463. The van der Waals surface area contributed by atoms with Gasteiger partial charge in [0.1, 0.15) is 5.60 Å². The van der Waals surface area contributed by atoms with E-state index in [9.17, 15) is 9.90 Å². The number of guanidine groups is 1. The fourth-order valence-electron chi connectivity index (χ4n) is 3.72. The van der Waals surface area contributed by atoms with Gasteiger partial charge in [0.05, 0.1) is 13.2 Å². The summed E-state index contributed by atoms with van der Waals surface area (Å²) in [7, 11) is 0. The first-order valence-electron chi connectivity index (χ1n) is 11.5. The van der Waals surface area contributed by atoms with Gasteiger partial charge in [0.25, 0.3) is 0 Å². The van der Waals surface area contributed by atoms with E-state index >= 15 is 0 Å². The second kappa shape index (κ2) is 12.5. The van der Waals surface area contributed by atoms with E-state index in [0.717, 1.165) is 57.0 Å². The van der Waals surface area contributed by atoms with Gasteiger partial charge >= 0.3 is 6.09 Å². The molecule has 0 radical (unpaired) electrons. The normalized spacial score (nSPS) is 18.4. The van der Waals surface area contributed by atoms with Crippen LogP contribution in [0, 0.1) is 5.92 Å². The summed E-state index contributed by atoms with van der Waals surface area (Å²) >= 11 is 0. The van der Waals surface area contributed by atoms with E-state index in [1.54, 1.807) is 0 Å². The van der Waals surface area contributed by atoms with Crippen molar-refractivity contribution in [3.63, 3.8) is 0 Å². The number of piperidine rings is 1. The minimum Gasteiger partial charge on any atom is -0.444 e. The molecule has 2 unspecified atom stereocenters. The second-order valence-corrected chi connectivity index (χ2v) is 9.16. The SMILES string of the molecule is CCNC(=NCC(CO)c1ccccc1)NCCC1CCCN(C(=O)OC(C)(C)C)C1. The van der Waals surface area contributed by atoms with E-state index < -0.39 is 5.60 Å². The third-order valence-electron chi connectivity index (χ3n) is 5.32. The Morgan fingerprint density at radius 3 is 2.68 bits per heavy atom. The van der Waals surface area contributed by atoms with Crippen molar-refractivity contribution in [3.05, 3.63) is 35.9 Å². The Morgan fingerprint density at radius 2 is 2.03 bits per heavy atom. The monoisotopic (exact) mass is 432 g/mol. The van der Waals surface area contributed by atoms with Crippen LogP contribution in [0.1, 0.15) is 58.4 Å². The summed E-state index contributed by atoms with van der Waals surface area (Å²) in [6.45, 7) is 11.4. The molecule has 3 N–H and O–H groups in total. The van der Waals surface area contributed by atoms with Crippen molar-refractivity contribution in [3.8, 4) is 0 Å². The van der Waals surface area contributed by atoms with Crippen molar-refractivity contribution >= 4 is 12.1 Å². The summed E-state index contributed by atoms with van der Waals surface area (Å²) in [5.74, 6) is 1.19. The molecule has 1 amide bonds. The summed E-state index contributed by atoms with van der Waals surface area (Å²) in [5.41, 5.74) is 0.628. The second-order valence-electron chi connectivity index (χ2n) is 9.16. The summed E-state index contributed by atoms with van der Waals surface area (Å²) < 4.78 is 5.52. The van der Waals surface area contributed by atoms with Gasteiger partial charge in [-0.15, -0.1) is 0 Å². The Balaban J connectivity index is 1.83. The van der Waals surface area contributed by atoms with Crippen LogP contribution in [0.2, 0.25) is 0 Å². The molecule has 1 heterocycles. The molecule has 2 atom stereocenters. The molecular formula is C24H40N4O3. The highest BCUT2D eigenvalue weighted by molar-refractivity contribution is 5.79. The molecule has 1 saturated heterocycles. The zero-order valence-electron chi connectivity index (χ0n) is 19.6. The number of ether oxygens (including phenoxy) is 1. The number of nitrogens with one attached hydrogen (secondary N) is 2. The molecule has 0 aromatic heterocycles. The van der Waals surface area contributed by atoms with Crippen molar-refractivity contribution in [2.75, 3.05) is 39.3 Å². The molecule has 7 heteroatoms. The van der Waals surface area contributed by atoms with E-state index in [2.05, 4.69) is 15.6 Å². The topological polar surface area (TPSA) is 86.2 Å². The molecule has 1 aromatic carbocycles. The van der Waals surface area contributed by atoms with Crippen LogP contribution in [-0.4, -0.2) is 67.0 Å². The zero-order chi connectivity index (χ0) is 22.7. The number of benzene rings is 1. The first-order valence-corrected chi connectivity index (χ1v) is 11.5. The lowest BCUT2D eigenvalue weighted by Gasteiger charge is -2.34. The van der Waals surface area contributed by atoms with Crippen molar-refractivity contribution < 1.29 is 14.6 Å². The van der Waals surface area contributed by atoms with Crippen LogP contribution in [-0.2, 0) is 4.74 Å². The molecule has 7 nitrogen and oxygen atoms in total. The number of amides is 1. The molecule has 1 aromatic rings. The number of hydrogen-bond acceptors (Lipinski definition) is 4. The van der Waals surface area contributed by atoms with Crippen LogP contribution in [0.4, 0.5) is 4.79 Å². The quantitative estimate of drug-likeness (QED) is 0.433. The van der Waals surface area contributed by atoms with E-state index in [-0.39, 0.29) is 18.6 Å². The average molecular weight is 433 g/mol. The molecule has 1 fully saturated rings. The summed E-state index contributed by atoms with van der Waals surface area (Å²) in [4.78, 5) is 18.9. The smallest absolute Gasteiger partial charge is 0.410 e. The molecule has 174 valence electrons. The Kier molecular flexibility index (Phi) is 10.1. The Morgan fingerprint density at radius 1 is 1.29 bits per heavy atom. The third-order valence-corrected chi connectivity index (χ3v) is 5.32. The van der Waals surface area contributed by atoms with E-state index in [1.807, 2.05) is 62.9 Å². The van der Waals surface area contributed by atoms with Gasteiger partial charge in [-0.2, -0.15) is 0 Å². The number of likely N-dealkylation sites (tertiary alicyclic amines) is 1. The van der Waals surface area contributed by atoms with E-state index in [4.69, 9.17) is 4.74 Å². The van der Waals surface area contributed by atoms with Crippen LogP contribution >= 0.6 is 0 Å². The molecule has 2 rings (SSSR count). The number of carbonyl (C=O) groups is 1. The number of aliphatic hydroxyl groups excluding tert-OH is 1. The molecule has 0 bridgehead atoms. The molecule has 1 aliphatic rings. The number of aliphatic imine (C=N–C) groups is 1. The van der Waals surface area contributed by atoms with Gasteiger partial charge in [-0.1, -0.05) is 30.3 Å². The highest BCUT2D eigenvalue weighted by Crippen LogP contribution is 2.21. The standard InChI is InChI=1S/C24H40N4O3/c1-5-25-22(27-16-21(18-29)20-11-7-6-8-12-20)26-14-13-19-10-9-15-28(17-19)23(30)31-24(2,3)4/h6-8,11-12,19,21,29H,5,9-10,13-18H2,1-4H3,(H2,25,26,27). The third kappa shape index (κ3) is 9.17. The summed E-state index contributed by atoms with van der Waals surface area (Å²) in [6, 6.07) is 9.99. The fraction of sp³-hybridized carbons (Fsp3) is 0.667. The Labute approximate surface area is 187 Å². The van der Waals surface area contributed by atoms with Crippen LogP contribution in [0.15, 0.2) is 35.3 Å². The van der Waals surface area contributed by atoms with Crippen molar-refractivity contribution in [1.82, 2.24) is 15.5 Å². The summed E-state index contributed by atoms with van der Waals surface area (Å²) in [5, 5.41) is 16.4. The Hall–Kier alpha value is -2.28. The van der Waals surface area contributed by atoms with Crippen molar-refractivity contribution in [2.45, 2.75) is 58.5 Å². The number of carbonyl (C=O) groups excluding carboxylic acids is 1. The molecule has 31 heavy (non-hydrogen) atoms. The van der Waals surface area contributed by atoms with Gasteiger partial charge < -0.3 is 25.4 Å². The number of aliphatic hydroxyl groups is 1. The number of hydrogen-bond donors (Lipinski definition) is 3. The maximum Gasteiger partial charge on any atom is 0.410 e. The summed E-state index contributed by atoms with van der Waals surface area (Å²) in [6.07, 6.45) is 2.88. The van der Waals surface area contributed by atoms with E-state index in [0.29, 0.717) is 12.5 Å². The average Bonchev–Trinajstić information content (AvgIpc) is 2.74. The fourth-order valence-corrected chi connectivity index (χ4v) is 3.72. The largest absolute Gasteiger partial charge is 0.444 e. The first-order chi connectivity index (χ1) is 14.8. The first kappa shape index (κ1) is 25.0. The lowest BCUT2D eigenvalue weighted by molar-refractivity contribution is 0.0162. The van der Waals surface area contributed by atoms with Crippen molar-refractivity contribution in [1.29, 1.82) is 0 Å². The predicted molar refractivity (Wildman–Crippen MR) is 125 cm³/mol. The highest BCUT2D eigenvalue weighted by atomic mass is 16.6. The maximum atomic E-state index is 12.4. The van der Waals surface area contributed by atoms with Crippen LogP contribution in [0.3, 0.4) is 0 Å². The van der Waals surface area contributed by atoms with Crippen LogP contribution in [0.5, 0.6) is 0 Å². The lowest BCUT2D eigenvalue weighted by atomic mass is 9.95. The molecule has 0 saturated carbocycles. The minimum absolute atomic E-state index is 0.0163. The molecular weight excluding hydrogens is 392 g/mol. The lowest BCUT2D eigenvalue weighted by Crippen LogP contribution is -2.44. The van der Waals surface area contributed by atoms with Crippen LogP contribution in [0.25, 0.3) is 0 Å². The van der Waals surface area contributed by atoms with Gasteiger partial charge in [0.15, 0.2) is 5.96 Å². The highest BCUT2D eigenvalue weighted by Gasteiger charge is 2.27. The van der Waals surface area contributed by atoms with Crippen LogP contribution < -0.4 is 10.6 Å². The number of rotatable bonds is 8. The predicted octanol–water partition coefficient (Wildman–Crippen LogP) is 3.35. The molecule has 0 spiro atoms. The van der Waals surface area contributed by atoms with Gasteiger partial charge in [-0.3, -0.25) is 4.99 Å². The van der Waals surface area contributed by atoms with Gasteiger partial charge in [-0.25, -0.2) is 4.79 Å². The maximum absolute atomic E-state index is 12.4.